The summed E-state index contributed by atoms with van der Waals surface area (Å²) in [6.07, 6.45) is -0.213. The van der Waals surface area contributed by atoms with Gasteiger partial charge < -0.3 is 19.0 Å². The minimum Gasteiger partial charge on any atom is -0.457 e. The van der Waals surface area contributed by atoms with Crippen LogP contribution in [0.1, 0.15) is 52.5 Å². The van der Waals surface area contributed by atoms with E-state index < -0.39 is 35.8 Å². The molecule has 1 N–H and O–H groups in total. The molecule has 1 aromatic heterocycles. The number of nitrogens with zero attached hydrogens (tertiary/aromatic N) is 1. The van der Waals surface area contributed by atoms with Crippen LogP contribution in [0.2, 0.25) is 0 Å². The Balaban J connectivity index is 1.47. The molecule has 0 aliphatic carbocycles. The first-order valence-electron chi connectivity index (χ1n) is 14.9. The quantitative estimate of drug-likeness (QED) is 0.109. The van der Waals surface area contributed by atoms with E-state index in [1.807, 2.05) is 91.9 Å². The number of amides is 2. The molecule has 0 spiro atoms. The summed E-state index contributed by atoms with van der Waals surface area (Å²) in [6.45, 7) is 4.36. The van der Waals surface area contributed by atoms with Crippen molar-refractivity contribution in [2.45, 2.75) is 45.3 Å². The summed E-state index contributed by atoms with van der Waals surface area (Å²) in [6, 6.07) is 27.5. The molecule has 44 heavy (non-hydrogen) atoms. The summed E-state index contributed by atoms with van der Waals surface area (Å²) >= 11 is 0. The number of benzene rings is 3. The molecule has 1 fully saturated rings. The van der Waals surface area contributed by atoms with Crippen molar-refractivity contribution in [3.63, 3.8) is 0 Å². The third kappa shape index (κ3) is 6.98. The molecule has 3 atom stereocenters. The van der Waals surface area contributed by atoms with Gasteiger partial charge in [-0.15, -0.1) is 0 Å². The zero-order valence-electron chi connectivity index (χ0n) is 25.0. The van der Waals surface area contributed by atoms with Crippen LogP contribution in [-0.2, 0) is 27.1 Å². The second kappa shape index (κ2) is 14.3. The third-order valence-electron chi connectivity index (χ3n) is 7.84. The Labute approximate surface area is 257 Å². The Hall–Kier alpha value is -4.53. The largest absolute Gasteiger partial charge is 0.457 e. The van der Waals surface area contributed by atoms with Gasteiger partial charge in [0.15, 0.2) is 5.76 Å². The lowest BCUT2D eigenvalue weighted by Crippen LogP contribution is -2.44. The molecule has 3 aromatic carbocycles. The van der Waals surface area contributed by atoms with Crippen molar-refractivity contribution in [2.75, 3.05) is 19.8 Å². The highest BCUT2D eigenvalue weighted by Crippen LogP contribution is 2.35. The van der Waals surface area contributed by atoms with Crippen molar-refractivity contribution in [1.82, 2.24) is 4.90 Å². The molecule has 8 nitrogen and oxygen atoms in total. The van der Waals surface area contributed by atoms with Gasteiger partial charge in [0.2, 0.25) is 11.7 Å². The lowest BCUT2D eigenvalue weighted by molar-refractivity contribution is -0.131. The van der Waals surface area contributed by atoms with Crippen LogP contribution in [-0.4, -0.2) is 53.7 Å². The third-order valence-corrected chi connectivity index (χ3v) is 7.84. The van der Waals surface area contributed by atoms with Gasteiger partial charge in [-0.2, -0.15) is 0 Å². The predicted molar refractivity (Wildman–Crippen MR) is 165 cm³/mol. The molecule has 8 heteroatoms. The highest BCUT2D eigenvalue weighted by molar-refractivity contribution is 6.12. The van der Waals surface area contributed by atoms with Crippen LogP contribution in [0.25, 0.3) is 11.1 Å². The Kier molecular flexibility index (Phi) is 10.0. The zero-order valence-corrected chi connectivity index (χ0v) is 25.0. The number of cyclic esters (lactones) is 1. The second-order valence-electron chi connectivity index (χ2n) is 11.0. The van der Waals surface area contributed by atoms with Gasteiger partial charge in [0.25, 0.3) is 0 Å². The molecule has 1 aliphatic rings. The van der Waals surface area contributed by atoms with Crippen molar-refractivity contribution >= 4 is 17.8 Å². The average molecular weight is 596 g/mol. The number of furan rings is 1. The van der Waals surface area contributed by atoms with E-state index in [0.29, 0.717) is 25.2 Å². The number of aliphatic hydroxyl groups is 1. The SMILES string of the molecule is Cc1cccc(-c2cc(C(=O)[C@H](Cc3ccccc3)C(=O)N3C(=O)O[C@H](c4ccccc4)[C@@H]3C)oc2CCCOCCO)c1. The van der Waals surface area contributed by atoms with Crippen LogP contribution < -0.4 is 0 Å². The van der Waals surface area contributed by atoms with Gasteiger partial charge in [-0.3, -0.25) is 9.59 Å². The van der Waals surface area contributed by atoms with E-state index in [-0.39, 0.29) is 25.4 Å². The molecule has 1 aliphatic heterocycles. The van der Waals surface area contributed by atoms with E-state index in [9.17, 15) is 14.4 Å². The summed E-state index contributed by atoms with van der Waals surface area (Å²) in [5.74, 6) is -1.67. The topological polar surface area (TPSA) is 106 Å². The normalized spacial score (nSPS) is 17.0. The number of hydrogen-bond donors (Lipinski definition) is 1. The van der Waals surface area contributed by atoms with E-state index in [2.05, 4.69) is 0 Å². The van der Waals surface area contributed by atoms with Gasteiger partial charge in [0, 0.05) is 18.6 Å². The summed E-state index contributed by atoms with van der Waals surface area (Å²) in [5.41, 5.74) is 4.28. The number of carbonyl (C=O) groups is 3. The van der Waals surface area contributed by atoms with Gasteiger partial charge >= 0.3 is 6.09 Å². The number of ether oxygens (including phenoxy) is 2. The van der Waals surface area contributed by atoms with Crippen LogP contribution in [0.3, 0.4) is 0 Å². The fourth-order valence-electron chi connectivity index (χ4n) is 5.62. The number of aryl methyl sites for hydroxylation is 2. The molecule has 0 radical (unpaired) electrons. The number of rotatable bonds is 13. The van der Waals surface area contributed by atoms with E-state index >= 15 is 0 Å². The first kappa shape index (κ1) is 30.9. The van der Waals surface area contributed by atoms with E-state index in [1.165, 1.54) is 0 Å². The molecule has 228 valence electrons. The van der Waals surface area contributed by atoms with Crippen LogP contribution >= 0.6 is 0 Å². The maximum Gasteiger partial charge on any atom is 0.417 e. The summed E-state index contributed by atoms with van der Waals surface area (Å²) in [5, 5.41) is 9.01. The van der Waals surface area contributed by atoms with Crippen molar-refractivity contribution in [2.24, 2.45) is 5.92 Å². The van der Waals surface area contributed by atoms with Crippen LogP contribution in [0, 0.1) is 12.8 Å². The lowest BCUT2D eigenvalue weighted by Gasteiger charge is -2.23. The molecule has 2 heterocycles. The van der Waals surface area contributed by atoms with Gasteiger partial charge in [0.1, 0.15) is 17.8 Å². The van der Waals surface area contributed by atoms with Crippen molar-refractivity contribution in [3.8, 4) is 11.1 Å². The fraction of sp³-hybridized carbons (Fsp3) is 0.306. The van der Waals surface area contributed by atoms with Crippen molar-refractivity contribution in [1.29, 1.82) is 0 Å². The first-order valence-corrected chi connectivity index (χ1v) is 14.9. The zero-order chi connectivity index (χ0) is 31.1. The van der Waals surface area contributed by atoms with Crippen molar-refractivity contribution < 1.29 is 33.4 Å². The van der Waals surface area contributed by atoms with E-state index in [0.717, 1.165) is 32.7 Å². The predicted octanol–water partition coefficient (Wildman–Crippen LogP) is 6.35. The van der Waals surface area contributed by atoms with Crippen molar-refractivity contribution in [3.05, 3.63) is 119 Å². The molecule has 5 rings (SSSR count). The lowest BCUT2D eigenvalue weighted by atomic mass is 9.91. The molecular weight excluding hydrogens is 558 g/mol. The summed E-state index contributed by atoms with van der Waals surface area (Å²) < 4.78 is 17.3. The highest BCUT2D eigenvalue weighted by Gasteiger charge is 2.47. The van der Waals surface area contributed by atoms with E-state index in [1.54, 1.807) is 13.0 Å². The summed E-state index contributed by atoms with van der Waals surface area (Å²) in [7, 11) is 0. The van der Waals surface area contributed by atoms with Gasteiger partial charge in [-0.05, 0) is 49.4 Å². The average Bonchev–Trinajstić information content (AvgIpc) is 3.60. The molecule has 2 amide bonds. The monoisotopic (exact) mass is 595 g/mol. The standard InChI is InChI=1S/C36H37NO7/c1-24-11-9-16-28(21-24)29-23-32(43-31(29)17-10-19-42-20-18-38)33(39)30(22-26-12-5-3-6-13-26)35(40)37-25(2)34(44-36(37)41)27-14-7-4-8-15-27/h3-9,11-16,21,23,25,30,34,38H,10,17-20,22H2,1-2H3/t25-,30-,34-/m0/s1. The highest BCUT2D eigenvalue weighted by atomic mass is 16.6. The number of imide groups is 1. The fourth-order valence-corrected chi connectivity index (χ4v) is 5.62. The van der Waals surface area contributed by atoms with Crippen LogP contribution in [0.15, 0.2) is 95.4 Å². The maximum atomic E-state index is 14.2. The van der Waals surface area contributed by atoms with Gasteiger partial charge in [-0.25, -0.2) is 9.69 Å². The molecule has 4 aromatic rings. The summed E-state index contributed by atoms with van der Waals surface area (Å²) in [4.78, 5) is 42.6. The Morgan fingerprint density at radius 2 is 1.68 bits per heavy atom. The molecule has 1 saturated heterocycles. The first-order chi connectivity index (χ1) is 21.4. The minimum atomic E-state index is -1.21. The Morgan fingerprint density at radius 3 is 2.39 bits per heavy atom. The van der Waals surface area contributed by atoms with Crippen LogP contribution in [0.5, 0.6) is 0 Å². The van der Waals surface area contributed by atoms with Crippen LogP contribution in [0.4, 0.5) is 4.79 Å². The Bertz CT molecular complexity index is 1580. The number of aliphatic hydroxyl groups excluding tert-OH is 1. The smallest absolute Gasteiger partial charge is 0.417 e. The number of carbonyl (C=O) groups excluding carboxylic acids is 3. The minimum absolute atomic E-state index is 0.0555. The molecule has 0 saturated carbocycles. The number of Topliss-reactive ketones (excluding diaryl/α,β-unsaturated/α-hetero) is 1. The van der Waals surface area contributed by atoms with Gasteiger partial charge in [0.05, 0.1) is 19.3 Å². The maximum absolute atomic E-state index is 14.2. The molecule has 0 unspecified atom stereocenters. The van der Waals surface area contributed by atoms with Gasteiger partial charge in [-0.1, -0.05) is 90.5 Å². The van der Waals surface area contributed by atoms with E-state index in [4.69, 9.17) is 19.0 Å². The Morgan fingerprint density at radius 1 is 0.955 bits per heavy atom. The molecular formula is C36H37NO7. The number of ketones is 1. The molecule has 0 bridgehead atoms. The number of hydrogen-bond acceptors (Lipinski definition) is 7. The second-order valence-corrected chi connectivity index (χ2v) is 11.0.